The molecule has 2 aromatic rings. The van der Waals surface area contributed by atoms with Gasteiger partial charge in [-0.25, -0.2) is 4.39 Å². The van der Waals surface area contributed by atoms with Crippen molar-refractivity contribution in [1.82, 2.24) is 5.32 Å². The minimum Gasteiger partial charge on any atom is -0.494 e. The van der Waals surface area contributed by atoms with Crippen LogP contribution in [0.1, 0.15) is 29.8 Å². The number of ether oxygens (including phenoxy) is 1. The van der Waals surface area contributed by atoms with Crippen molar-refractivity contribution in [1.29, 1.82) is 0 Å². The van der Waals surface area contributed by atoms with Crippen LogP contribution in [0.15, 0.2) is 30.3 Å². The van der Waals surface area contributed by atoms with Crippen molar-refractivity contribution < 1.29 is 9.13 Å². The molecule has 1 unspecified atom stereocenters. The van der Waals surface area contributed by atoms with Gasteiger partial charge in [-0.1, -0.05) is 24.6 Å². The van der Waals surface area contributed by atoms with Crippen molar-refractivity contribution in [3.05, 3.63) is 50.9 Å². The molecule has 2 rings (SSSR count). The summed E-state index contributed by atoms with van der Waals surface area (Å²) < 4.78 is 19.7. The van der Waals surface area contributed by atoms with Crippen LogP contribution in [0.4, 0.5) is 4.39 Å². The average Bonchev–Trinajstić information content (AvgIpc) is 2.88. The predicted octanol–water partition coefficient (Wildman–Crippen LogP) is 4.83. The Kier molecular flexibility index (Phi) is 6.03. The fourth-order valence-electron chi connectivity index (χ4n) is 2.19. The molecule has 1 heterocycles. The molecule has 1 atom stereocenters. The lowest BCUT2D eigenvalue weighted by Crippen LogP contribution is -2.24. The number of hydrogen-bond donors (Lipinski definition) is 1. The summed E-state index contributed by atoms with van der Waals surface area (Å²) in [5, 5.41) is 3.46. The van der Waals surface area contributed by atoms with Gasteiger partial charge in [-0.2, -0.15) is 0 Å². The lowest BCUT2D eigenvalue weighted by Gasteiger charge is -2.19. The molecule has 21 heavy (non-hydrogen) atoms. The Balaban J connectivity index is 2.20. The van der Waals surface area contributed by atoms with Gasteiger partial charge in [0.15, 0.2) is 11.6 Å². The number of halogens is 2. The second kappa shape index (κ2) is 7.78. The molecular weight excluding hydrogens is 309 g/mol. The van der Waals surface area contributed by atoms with Crippen LogP contribution in [0.25, 0.3) is 0 Å². The van der Waals surface area contributed by atoms with Crippen LogP contribution >= 0.6 is 22.9 Å². The minimum atomic E-state index is -0.331. The molecule has 1 aromatic carbocycles. The van der Waals surface area contributed by atoms with Crippen LogP contribution in [0.2, 0.25) is 4.34 Å². The van der Waals surface area contributed by atoms with E-state index in [1.165, 1.54) is 12.0 Å². The summed E-state index contributed by atoms with van der Waals surface area (Å²) in [5.74, 6) is -0.0605. The van der Waals surface area contributed by atoms with Gasteiger partial charge >= 0.3 is 0 Å². The first-order chi connectivity index (χ1) is 10.1. The van der Waals surface area contributed by atoms with E-state index in [1.807, 2.05) is 18.2 Å². The van der Waals surface area contributed by atoms with Gasteiger partial charge in [-0.3, -0.25) is 0 Å². The molecule has 0 aliphatic rings. The first kappa shape index (κ1) is 16.3. The monoisotopic (exact) mass is 327 g/mol. The molecule has 0 bridgehead atoms. The third kappa shape index (κ3) is 4.43. The summed E-state index contributed by atoms with van der Waals surface area (Å²) in [6, 6.07) is 9.11. The molecule has 0 spiro atoms. The van der Waals surface area contributed by atoms with E-state index in [0.717, 1.165) is 29.3 Å². The van der Waals surface area contributed by atoms with Crippen molar-refractivity contribution in [2.75, 3.05) is 13.7 Å². The molecule has 2 nitrogen and oxygen atoms in total. The van der Waals surface area contributed by atoms with Crippen LogP contribution in [-0.4, -0.2) is 13.7 Å². The topological polar surface area (TPSA) is 21.3 Å². The van der Waals surface area contributed by atoms with Gasteiger partial charge in [0.25, 0.3) is 0 Å². The van der Waals surface area contributed by atoms with E-state index < -0.39 is 0 Å². The zero-order valence-electron chi connectivity index (χ0n) is 12.2. The van der Waals surface area contributed by atoms with Crippen LogP contribution in [-0.2, 0) is 6.42 Å². The van der Waals surface area contributed by atoms with E-state index in [2.05, 4.69) is 12.2 Å². The minimum absolute atomic E-state index is 0.0695. The van der Waals surface area contributed by atoms with Gasteiger partial charge in [0.1, 0.15) is 0 Å². The van der Waals surface area contributed by atoms with Crippen molar-refractivity contribution in [3.8, 4) is 5.75 Å². The maximum Gasteiger partial charge on any atom is 0.165 e. The second-order valence-electron chi connectivity index (χ2n) is 4.81. The Morgan fingerprint density at radius 2 is 2.14 bits per heavy atom. The van der Waals surface area contributed by atoms with Gasteiger partial charge in [-0.05, 0) is 42.8 Å². The fraction of sp³-hybridized carbons (Fsp3) is 0.375. The molecule has 0 amide bonds. The Morgan fingerprint density at radius 3 is 2.71 bits per heavy atom. The third-order valence-electron chi connectivity index (χ3n) is 3.25. The highest BCUT2D eigenvalue weighted by molar-refractivity contribution is 7.16. The van der Waals surface area contributed by atoms with Gasteiger partial charge < -0.3 is 10.1 Å². The summed E-state index contributed by atoms with van der Waals surface area (Å²) in [7, 11) is 1.47. The summed E-state index contributed by atoms with van der Waals surface area (Å²) >= 11 is 7.54. The molecule has 0 aliphatic heterocycles. The van der Waals surface area contributed by atoms with Crippen LogP contribution in [0.3, 0.4) is 0 Å². The smallest absolute Gasteiger partial charge is 0.165 e. The molecule has 1 aromatic heterocycles. The van der Waals surface area contributed by atoms with E-state index in [0.29, 0.717) is 0 Å². The van der Waals surface area contributed by atoms with Gasteiger partial charge in [-0.15, -0.1) is 11.3 Å². The number of rotatable bonds is 7. The Hall–Kier alpha value is -1.10. The number of nitrogens with one attached hydrogen (secondary N) is 1. The summed E-state index contributed by atoms with van der Waals surface area (Å²) in [6.07, 6.45) is 1.82. The Morgan fingerprint density at radius 1 is 1.33 bits per heavy atom. The Labute approximate surface area is 133 Å². The fourth-order valence-corrected chi connectivity index (χ4v) is 3.32. The van der Waals surface area contributed by atoms with E-state index in [4.69, 9.17) is 16.3 Å². The molecule has 1 N–H and O–H groups in total. The Bertz CT molecular complexity index is 587. The predicted molar refractivity (Wildman–Crippen MR) is 87.0 cm³/mol. The first-order valence-corrected chi connectivity index (χ1v) is 8.14. The lowest BCUT2D eigenvalue weighted by atomic mass is 10.0. The van der Waals surface area contributed by atoms with E-state index >= 15 is 0 Å². The highest BCUT2D eigenvalue weighted by Crippen LogP contribution is 2.28. The lowest BCUT2D eigenvalue weighted by molar-refractivity contribution is 0.385. The summed E-state index contributed by atoms with van der Waals surface area (Å²) in [4.78, 5) is 1.19. The number of methoxy groups -OCH3 is 1. The number of thiophene rings is 1. The molecule has 0 fully saturated rings. The van der Waals surface area contributed by atoms with Crippen LogP contribution < -0.4 is 10.1 Å². The SMILES string of the molecule is CCCNC(Cc1ccc(Cl)s1)c1ccc(OC)c(F)c1. The number of hydrogen-bond acceptors (Lipinski definition) is 3. The summed E-state index contributed by atoms with van der Waals surface area (Å²) in [6.45, 7) is 3.00. The van der Waals surface area contributed by atoms with Crippen molar-refractivity contribution in [2.45, 2.75) is 25.8 Å². The molecule has 114 valence electrons. The van der Waals surface area contributed by atoms with Crippen molar-refractivity contribution >= 4 is 22.9 Å². The number of benzene rings is 1. The third-order valence-corrected chi connectivity index (χ3v) is 4.51. The zero-order chi connectivity index (χ0) is 15.2. The normalized spacial score (nSPS) is 12.4. The maximum atomic E-state index is 13.9. The highest BCUT2D eigenvalue weighted by Gasteiger charge is 2.15. The van der Waals surface area contributed by atoms with Gasteiger partial charge in [0.2, 0.25) is 0 Å². The average molecular weight is 328 g/mol. The van der Waals surface area contributed by atoms with Gasteiger partial charge in [0, 0.05) is 17.3 Å². The van der Waals surface area contributed by atoms with E-state index in [-0.39, 0.29) is 17.6 Å². The molecule has 0 saturated carbocycles. The van der Waals surface area contributed by atoms with Crippen LogP contribution in [0, 0.1) is 5.82 Å². The zero-order valence-corrected chi connectivity index (χ0v) is 13.7. The molecular formula is C16H19ClFNOS. The maximum absolute atomic E-state index is 13.9. The van der Waals surface area contributed by atoms with Gasteiger partial charge in [0.05, 0.1) is 11.4 Å². The highest BCUT2D eigenvalue weighted by atomic mass is 35.5. The molecule has 5 heteroatoms. The van der Waals surface area contributed by atoms with E-state index in [9.17, 15) is 4.39 Å². The molecule has 0 radical (unpaired) electrons. The molecule has 0 saturated heterocycles. The second-order valence-corrected chi connectivity index (χ2v) is 6.61. The van der Waals surface area contributed by atoms with Crippen LogP contribution in [0.5, 0.6) is 5.75 Å². The quantitative estimate of drug-likeness (QED) is 0.786. The van der Waals surface area contributed by atoms with E-state index in [1.54, 1.807) is 23.5 Å². The standard InChI is InChI=1S/C16H19ClFNOS/c1-3-8-19-14(10-12-5-7-16(17)21-12)11-4-6-15(20-2)13(18)9-11/h4-7,9,14,19H,3,8,10H2,1-2H3. The summed E-state index contributed by atoms with van der Waals surface area (Å²) in [5.41, 5.74) is 0.922. The van der Waals surface area contributed by atoms with Crippen molar-refractivity contribution in [2.24, 2.45) is 0 Å². The largest absolute Gasteiger partial charge is 0.494 e. The molecule has 0 aliphatic carbocycles. The first-order valence-electron chi connectivity index (χ1n) is 6.95. The van der Waals surface area contributed by atoms with Crippen molar-refractivity contribution in [3.63, 3.8) is 0 Å².